The Morgan fingerprint density at radius 1 is 1.29 bits per heavy atom. The number of anilines is 1. The molecule has 2 aromatic rings. The smallest absolute Gasteiger partial charge is 0.124 e. The van der Waals surface area contributed by atoms with Crippen molar-refractivity contribution in [2.24, 2.45) is 0 Å². The second-order valence-corrected chi connectivity index (χ2v) is 5.90. The maximum Gasteiger partial charge on any atom is 0.124 e. The van der Waals surface area contributed by atoms with E-state index in [2.05, 4.69) is 27.9 Å². The molecule has 2 aromatic carbocycles. The first kappa shape index (κ1) is 16.0. The highest BCUT2D eigenvalue weighted by Gasteiger charge is 2.08. The number of halogens is 2. The number of aryl methyl sites for hydroxylation is 1. The molecule has 0 saturated carbocycles. The van der Waals surface area contributed by atoms with Crippen LogP contribution in [0.25, 0.3) is 0 Å². The van der Waals surface area contributed by atoms with E-state index >= 15 is 0 Å². The van der Waals surface area contributed by atoms with E-state index in [1.807, 2.05) is 31.2 Å². The highest BCUT2D eigenvalue weighted by Crippen LogP contribution is 2.19. The van der Waals surface area contributed by atoms with E-state index in [4.69, 9.17) is 4.74 Å². The van der Waals surface area contributed by atoms with Crippen LogP contribution < -0.4 is 10.1 Å². The lowest BCUT2D eigenvalue weighted by atomic mass is 10.2. The van der Waals surface area contributed by atoms with Crippen LogP contribution in [0.2, 0.25) is 0 Å². The third-order valence-electron chi connectivity index (χ3n) is 2.98. The van der Waals surface area contributed by atoms with Crippen molar-refractivity contribution in [2.45, 2.75) is 13.0 Å². The van der Waals surface area contributed by atoms with Gasteiger partial charge in [0.2, 0.25) is 0 Å². The number of para-hydroxylation sites is 1. The maximum atomic E-state index is 13.0. The maximum absolute atomic E-state index is 13.0. The van der Waals surface area contributed by atoms with Gasteiger partial charge in [-0.05, 0) is 59.3 Å². The molecule has 1 atom stereocenters. The lowest BCUT2D eigenvalue weighted by Gasteiger charge is -2.15. The van der Waals surface area contributed by atoms with Crippen molar-refractivity contribution in [1.29, 1.82) is 0 Å². The van der Waals surface area contributed by atoms with E-state index in [0.29, 0.717) is 6.54 Å². The number of nitrogens with one attached hydrogen (secondary N) is 1. The van der Waals surface area contributed by atoms with E-state index < -0.39 is 6.10 Å². The average Bonchev–Trinajstić information content (AvgIpc) is 2.45. The van der Waals surface area contributed by atoms with Crippen LogP contribution in [0, 0.1) is 16.3 Å². The molecule has 0 spiro atoms. The standard InChI is InChI=1S/C16H17FINO2/c1-11-4-2-3-5-16(11)21-10-13(20)9-19-15-7-6-12(17)8-14(15)18/h2-8,13,19-20H,9-10H2,1H3. The zero-order valence-electron chi connectivity index (χ0n) is 11.6. The number of benzene rings is 2. The predicted molar refractivity (Wildman–Crippen MR) is 90.3 cm³/mol. The number of ether oxygens (including phenoxy) is 1. The van der Waals surface area contributed by atoms with Crippen molar-refractivity contribution >= 4 is 28.3 Å². The quantitative estimate of drug-likeness (QED) is 0.728. The van der Waals surface area contributed by atoms with Gasteiger partial charge in [0.1, 0.15) is 24.3 Å². The number of aliphatic hydroxyl groups is 1. The van der Waals surface area contributed by atoms with Gasteiger partial charge in [-0.15, -0.1) is 0 Å². The van der Waals surface area contributed by atoms with Gasteiger partial charge in [-0.1, -0.05) is 18.2 Å². The van der Waals surface area contributed by atoms with Crippen LogP contribution >= 0.6 is 22.6 Å². The Morgan fingerprint density at radius 3 is 2.76 bits per heavy atom. The molecule has 0 saturated heterocycles. The van der Waals surface area contributed by atoms with Crippen LogP contribution in [0.4, 0.5) is 10.1 Å². The van der Waals surface area contributed by atoms with Gasteiger partial charge in [-0.2, -0.15) is 0 Å². The summed E-state index contributed by atoms with van der Waals surface area (Å²) in [6, 6.07) is 12.2. The first-order valence-electron chi connectivity index (χ1n) is 6.61. The molecule has 0 radical (unpaired) electrons. The summed E-state index contributed by atoms with van der Waals surface area (Å²) in [5, 5.41) is 13.0. The summed E-state index contributed by atoms with van der Waals surface area (Å²) in [6.07, 6.45) is -0.648. The van der Waals surface area contributed by atoms with Crippen molar-refractivity contribution in [3.8, 4) is 5.75 Å². The van der Waals surface area contributed by atoms with E-state index in [1.54, 1.807) is 6.07 Å². The molecule has 0 aliphatic heterocycles. The second kappa shape index (κ2) is 7.61. The molecule has 1 unspecified atom stereocenters. The summed E-state index contributed by atoms with van der Waals surface area (Å²) in [5.41, 5.74) is 1.83. The molecule has 112 valence electrons. The summed E-state index contributed by atoms with van der Waals surface area (Å²) >= 11 is 2.05. The Kier molecular flexibility index (Phi) is 5.81. The topological polar surface area (TPSA) is 41.5 Å². The van der Waals surface area contributed by atoms with Crippen LogP contribution in [0.1, 0.15) is 5.56 Å². The Hall–Kier alpha value is -1.34. The minimum absolute atomic E-state index is 0.204. The molecule has 3 nitrogen and oxygen atoms in total. The highest BCUT2D eigenvalue weighted by molar-refractivity contribution is 14.1. The Labute approximate surface area is 137 Å². The van der Waals surface area contributed by atoms with Crippen molar-refractivity contribution in [3.63, 3.8) is 0 Å². The molecular weight excluding hydrogens is 384 g/mol. The Bertz CT molecular complexity index is 607. The minimum Gasteiger partial charge on any atom is -0.491 e. The molecule has 21 heavy (non-hydrogen) atoms. The van der Waals surface area contributed by atoms with E-state index in [1.165, 1.54) is 12.1 Å². The highest BCUT2D eigenvalue weighted by atomic mass is 127. The fourth-order valence-electron chi connectivity index (χ4n) is 1.82. The lowest BCUT2D eigenvalue weighted by molar-refractivity contribution is 0.117. The van der Waals surface area contributed by atoms with E-state index in [9.17, 15) is 9.50 Å². The van der Waals surface area contributed by atoms with E-state index in [0.717, 1.165) is 20.6 Å². The first-order valence-corrected chi connectivity index (χ1v) is 7.69. The van der Waals surface area contributed by atoms with Crippen LogP contribution in [0.15, 0.2) is 42.5 Å². The summed E-state index contributed by atoms with van der Waals surface area (Å²) in [5.74, 6) is 0.501. The Morgan fingerprint density at radius 2 is 2.05 bits per heavy atom. The molecule has 0 bridgehead atoms. The fraction of sp³-hybridized carbons (Fsp3) is 0.250. The number of hydrogen-bond donors (Lipinski definition) is 2. The van der Waals surface area contributed by atoms with Gasteiger partial charge in [-0.3, -0.25) is 0 Å². The molecule has 0 aliphatic rings. The minimum atomic E-state index is -0.648. The van der Waals surface area contributed by atoms with Gasteiger partial charge in [0.05, 0.1) is 0 Å². The molecule has 2 N–H and O–H groups in total. The Balaban J connectivity index is 1.82. The molecule has 0 heterocycles. The third-order valence-corrected chi connectivity index (χ3v) is 3.88. The summed E-state index contributed by atoms with van der Waals surface area (Å²) in [7, 11) is 0. The van der Waals surface area contributed by atoms with Gasteiger partial charge in [-0.25, -0.2) is 4.39 Å². The molecule has 5 heteroatoms. The zero-order valence-corrected chi connectivity index (χ0v) is 13.8. The molecule has 0 aromatic heterocycles. The fourth-order valence-corrected chi connectivity index (χ4v) is 2.49. The van der Waals surface area contributed by atoms with Crippen molar-refractivity contribution < 1.29 is 14.2 Å². The number of hydrogen-bond acceptors (Lipinski definition) is 3. The third kappa shape index (κ3) is 4.86. The van der Waals surface area contributed by atoms with Crippen molar-refractivity contribution in [3.05, 3.63) is 57.4 Å². The van der Waals surface area contributed by atoms with Gasteiger partial charge >= 0.3 is 0 Å². The van der Waals surface area contributed by atoms with Crippen LogP contribution in [-0.4, -0.2) is 24.4 Å². The van der Waals surface area contributed by atoms with Gasteiger partial charge < -0.3 is 15.2 Å². The average molecular weight is 401 g/mol. The van der Waals surface area contributed by atoms with Gasteiger partial charge in [0, 0.05) is 15.8 Å². The molecule has 2 rings (SSSR count). The van der Waals surface area contributed by atoms with Crippen molar-refractivity contribution in [1.82, 2.24) is 0 Å². The second-order valence-electron chi connectivity index (χ2n) is 4.74. The van der Waals surface area contributed by atoms with Crippen LogP contribution in [-0.2, 0) is 0 Å². The lowest BCUT2D eigenvalue weighted by Crippen LogP contribution is -2.26. The van der Waals surface area contributed by atoms with Gasteiger partial charge in [0.15, 0.2) is 0 Å². The largest absolute Gasteiger partial charge is 0.491 e. The monoisotopic (exact) mass is 401 g/mol. The van der Waals surface area contributed by atoms with Crippen LogP contribution in [0.3, 0.4) is 0 Å². The molecular formula is C16H17FINO2. The zero-order chi connectivity index (χ0) is 15.2. The van der Waals surface area contributed by atoms with Crippen molar-refractivity contribution in [2.75, 3.05) is 18.5 Å². The summed E-state index contributed by atoms with van der Waals surface area (Å²) in [4.78, 5) is 0. The predicted octanol–water partition coefficient (Wildman–Crippen LogP) is 3.59. The SMILES string of the molecule is Cc1ccccc1OCC(O)CNc1ccc(F)cc1I. The molecule has 0 aliphatic carbocycles. The number of rotatable bonds is 6. The molecule has 0 fully saturated rings. The van der Waals surface area contributed by atoms with Crippen LogP contribution in [0.5, 0.6) is 5.75 Å². The first-order chi connectivity index (χ1) is 10.1. The number of aliphatic hydroxyl groups excluding tert-OH is 1. The van der Waals surface area contributed by atoms with Gasteiger partial charge in [0.25, 0.3) is 0 Å². The normalized spacial score (nSPS) is 12.0. The summed E-state index contributed by atoms with van der Waals surface area (Å²) < 4.78 is 19.4. The summed E-state index contributed by atoms with van der Waals surface area (Å²) in [6.45, 7) is 2.50. The van der Waals surface area contributed by atoms with E-state index in [-0.39, 0.29) is 12.4 Å². The molecule has 0 amide bonds.